The molecular formula is C31H33N3O5S. The third-order valence-corrected chi connectivity index (χ3v) is 7.94. The van der Waals surface area contributed by atoms with Gasteiger partial charge >= 0.3 is 17.2 Å². The van der Waals surface area contributed by atoms with Crippen LogP contribution in [0.3, 0.4) is 0 Å². The van der Waals surface area contributed by atoms with Crippen LogP contribution in [0.5, 0.6) is 5.88 Å². The first-order valence-electron chi connectivity index (χ1n) is 13.5. The molecule has 8 nitrogen and oxygen atoms in total. The first-order chi connectivity index (χ1) is 19.4. The lowest BCUT2D eigenvalue weighted by atomic mass is 9.74. The van der Waals surface area contributed by atoms with Crippen molar-refractivity contribution in [3.63, 3.8) is 0 Å². The molecule has 0 bridgehead atoms. The predicted octanol–water partition coefficient (Wildman–Crippen LogP) is 5.82. The van der Waals surface area contributed by atoms with Crippen LogP contribution < -0.4 is 8.91 Å². The van der Waals surface area contributed by atoms with E-state index in [0.717, 1.165) is 24.0 Å². The molecule has 2 heterocycles. The maximum Gasteiger partial charge on any atom is 0.317 e. The lowest BCUT2D eigenvalue weighted by molar-refractivity contribution is -0.180. The number of hydrogen-bond acceptors (Lipinski definition) is 7. The third-order valence-electron chi connectivity index (χ3n) is 7.22. The van der Waals surface area contributed by atoms with Crippen LogP contribution in [-0.4, -0.2) is 26.5 Å². The lowest BCUT2D eigenvalue weighted by Crippen LogP contribution is -2.49. The Labute approximate surface area is 237 Å². The molecule has 1 aliphatic heterocycles. The number of pyridine rings is 1. The van der Waals surface area contributed by atoms with Crippen molar-refractivity contribution in [2.24, 2.45) is 5.92 Å². The van der Waals surface area contributed by atoms with E-state index in [-0.39, 0.29) is 24.0 Å². The van der Waals surface area contributed by atoms with E-state index in [1.54, 1.807) is 18.2 Å². The number of hydrogen-bond donors (Lipinski definition) is 1. The molecule has 1 aliphatic rings. The summed E-state index contributed by atoms with van der Waals surface area (Å²) in [6.45, 7) is 3.97. The van der Waals surface area contributed by atoms with E-state index < -0.39 is 28.8 Å². The molecule has 1 N–H and O–H groups in total. The number of ether oxygens (including phenoxy) is 1. The van der Waals surface area contributed by atoms with Crippen LogP contribution in [-0.2, 0) is 32.0 Å². The zero-order valence-electron chi connectivity index (χ0n) is 22.7. The molecular weight excluding hydrogens is 526 g/mol. The summed E-state index contributed by atoms with van der Waals surface area (Å²) in [5.41, 5.74) is 2.00. The van der Waals surface area contributed by atoms with Crippen LogP contribution in [0, 0.1) is 17.2 Å². The van der Waals surface area contributed by atoms with Crippen LogP contribution in [0.1, 0.15) is 68.6 Å². The minimum atomic E-state index is -1.96. The van der Waals surface area contributed by atoms with Crippen LogP contribution in [0.15, 0.2) is 72.9 Å². The Morgan fingerprint density at radius 1 is 1.12 bits per heavy atom. The summed E-state index contributed by atoms with van der Waals surface area (Å²) in [6.07, 6.45) is 4.86. The Morgan fingerprint density at radius 3 is 2.58 bits per heavy atom. The molecule has 1 saturated heterocycles. The van der Waals surface area contributed by atoms with Gasteiger partial charge in [0, 0.05) is 30.3 Å². The fourth-order valence-electron chi connectivity index (χ4n) is 5.32. The number of benzene rings is 2. The molecule has 0 amide bonds. The summed E-state index contributed by atoms with van der Waals surface area (Å²) < 4.78 is 26.7. The van der Waals surface area contributed by atoms with Gasteiger partial charge in [0.1, 0.15) is 17.6 Å². The van der Waals surface area contributed by atoms with Crippen molar-refractivity contribution in [1.29, 1.82) is 5.26 Å². The van der Waals surface area contributed by atoms with E-state index >= 15 is 0 Å². The monoisotopic (exact) mass is 559 g/mol. The fraction of sp³-hybridized carbons (Fsp3) is 0.355. The summed E-state index contributed by atoms with van der Waals surface area (Å²) in [5, 5.41) is 8.89. The molecule has 1 aromatic heterocycles. The van der Waals surface area contributed by atoms with Crippen molar-refractivity contribution in [2.75, 3.05) is 4.72 Å². The number of aromatic nitrogens is 1. The van der Waals surface area contributed by atoms with Gasteiger partial charge in [-0.15, -0.1) is 0 Å². The predicted molar refractivity (Wildman–Crippen MR) is 152 cm³/mol. The molecule has 1 fully saturated rings. The molecule has 2 unspecified atom stereocenters. The first-order valence-corrected chi connectivity index (χ1v) is 14.6. The number of nitriles is 1. The summed E-state index contributed by atoms with van der Waals surface area (Å²) in [7, 11) is 0. The highest BCUT2D eigenvalue weighted by Crippen LogP contribution is 2.41. The minimum absolute atomic E-state index is 0.0956. The topological polar surface area (TPSA) is 118 Å². The van der Waals surface area contributed by atoms with Gasteiger partial charge in [0.15, 0.2) is 5.78 Å². The average molecular weight is 560 g/mol. The Kier molecular flexibility index (Phi) is 9.67. The average Bonchev–Trinajstić information content (AvgIpc) is 2.95. The Morgan fingerprint density at radius 2 is 1.93 bits per heavy atom. The molecule has 208 valence electrons. The lowest BCUT2D eigenvalue weighted by Gasteiger charge is -2.40. The zero-order chi connectivity index (χ0) is 28.5. The van der Waals surface area contributed by atoms with Crippen LogP contribution >= 0.6 is 0 Å². The van der Waals surface area contributed by atoms with Gasteiger partial charge in [-0.3, -0.25) is 14.3 Å². The summed E-state index contributed by atoms with van der Waals surface area (Å²) in [5.74, 6) is -1.74. The van der Waals surface area contributed by atoms with E-state index in [2.05, 4.69) is 9.71 Å². The molecule has 0 radical (unpaired) electrons. The molecule has 40 heavy (non-hydrogen) atoms. The van der Waals surface area contributed by atoms with Gasteiger partial charge in [-0.1, -0.05) is 62.7 Å². The number of carbonyl (C=O) groups is 2. The van der Waals surface area contributed by atoms with Crippen molar-refractivity contribution in [1.82, 2.24) is 4.98 Å². The van der Waals surface area contributed by atoms with Gasteiger partial charge in [-0.25, -0.2) is 4.98 Å². The Bertz CT molecular complexity index is 1370. The van der Waals surface area contributed by atoms with Gasteiger partial charge in [-0.2, -0.15) is 9.47 Å². The first kappa shape index (κ1) is 29.0. The number of Topliss-reactive ketones (excluding diaryl/α,β-unsaturated/α-hetero) is 1. The van der Waals surface area contributed by atoms with Crippen molar-refractivity contribution in [3.05, 3.63) is 89.6 Å². The second-order valence-electron chi connectivity index (χ2n) is 10.0. The maximum atomic E-state index is 13.6. The number of nitrogens with one attached hydrogen (secondary N) is 1. The molecule has 2 aromatic carbocycles. The van der Waals surface area contributed by atoms with Gasteiger partial charge in [0.2, 0.25) is 5.88 Å². The summed E-state index contributed by atoms with van der Waals surface area (Å²) in [4.78, 5) is 31.0. The normalized spacial score (nSPS) is 20.2. The number of aryl methyl sites for hydroxylation is 1. The van der Waals surface area contributed by atoms with Gasteiger partial charge < -0.3 is 8.92 Å². The Hall–Kier alpha value is -4.03. The van der Waals surface area contributed by atoms with E-state index in [1.807, 2.05) is 56.3 Å². The van der Waals surface area contributed by atoms with Crippen LogP contribution in [0.4, 0.5) is 5.69 Å². The van der Waals surface area contributed by atoms with Gasteiger partial charge in [0.25, 0.3) is 0 Å². The quantitative estimate of drug-likeness (QED) is 0.219. The summed E-state index contributed by atoms with van der Waals surface area (Å²) in [6, 6.07) is 22.1. The van der Waals surface area contributed by atoms with Crippen molar-refractivity contribution in [3.8, 4) is 11.9 Å². The number of rotatable bonds is 12. The largest absolute Gasteiger partial charge is 0.458 e. The molecule has 0 spiro atoms. The summed E-state index contributed by atoms with van der Waals surface area (Å²) >= 11 is -1.96. The van der Waals surface area contributed by atoms with Gasteiger partial charge in [0.05, 0.1) is 5.56 Å². The number of cyclic esters (lactones) is 1. The minimum Gasteiger partial charge on any atom is -0.458 e. The number of esters is 1. The molecule has 4 rings (SSSR count). The smallest absolute Gasteiger partial charge is 0.317 e. The SMILES string of the molecule is CCC[C@]1(CCc2ccccc2)CC(=O)C([C@@H](CC)c2cccc(NS(=O)Oc3ccc(C#N)cn3)c2)C(=O)O1. The fourth-order valence-corrected chi connectivity index (χ4v) is 5.94. The highest BCUT2D eigenvalue weighted by atomic mass is 32.2. The number of carbonyl (C=O) groups excluding carboxylic acids is 2. The Balaban J connectivity index is 1.46. The maximum absolute atomic E-state index is 13.6. The van der Waals surface area contributed by atoms with E-state index in [1.165, 1.54) is 18.3 Å². The second-order valence-corrected chi connectivity index (χ2v) is 10.9. The number of anilines is 1. The second kappa shape index (κ2) is 13.4. The molecule has 3 aromatic rings. The van der Waals surface area contributed by atoms with Crippen molar-refractivity contribution < 1.29 is 22.7 Å². The third kappa shape index (κ3) is 7.13. The highest BCUT2D eigenvalue weighted by molar-refractivity contribution is 7.81. The molecule has 9 heteroatoms. The van der Waals surface area contributed by atoms with Crippen LogP contribution in [0.2, 0.25) is 0 Å². The van der Waals surface area contributed by atoms with E-state index in [4.69, 9.17) is 14.2 Å². The van der Waals surface area contributed by atoms with Crippen molar-refractivity contribution >= 4 is 28.7 Å². The number of ketones is 1. The van der Waals surface area contributed by atoms with E-state index in [0.29, 0.717) is 30.5 Å². The molecule has 0 aliphatic carbocycles. The van der Waals surface area contributed by atoms with Crippen LogP contribution in [0.25, 0.3) is 0 Å². The van der Waals surface area contributed by atoms with Crippen molar-refractivity contribution in [2.45, 2.75) is 63.9 Å². The zero-order valence-corrected chi connectivity index (χ0v) is 23.5. The number of nitrogens with zero attached hydrogens (tertiary/aromatic N) is 2. The highest BCUT2D eigenvalue weighted by Gasteiger charge is 2.48. The standard InChI is InChI=1S/C31H33N3O5S/c1-3-16-31(17-15-22-9-6-5-7-10-22)19-27(35)29(30(36)38-31)26(4-2)24-11-8-12-25(18-24)34-40(37)39-28-14-13-23(20-32)21-33-28/h5-14,18,21,26,29,34H,3-4,15-17,19H2,1-2H3/t26-,29?,31-,40?/m0/s1. The van der Waals surface area contributed by atoms with E-state index in [9.17, 15) is 13.8 Å². The molecule has 0 saturated carbocycles. The molecule has 4 atom stereocenters. The van der Waals surface area contributed by atoms with Gasteiger partial charge in [-0.05, 0) is 55.0 Å².